The highest BCUT2D eigenvalue weighted by Crippen LogP contribution is 2.19. The molecule has 0 unspecified atom stereocenters. The number of anilines is 4. The van der Waals surface area contributed by atoms with Crippen molar-refractivity contribution < 1.29 is 14.3 Å². The molecule has 1 heterocycles. The monoisotopic (exact) mass is 391 g/mol. The van der Waals surface area contributed by atoms with Crippen molar-refractivity contribution >= 4 is 34.8 Å². The van der Waals surface area contributed by atoms with Gasteiger partial charge in [0, 0.05) is 25.5 Å². The fraction of sp³-hybridized carbons (Fsp3) is 0.143. The molecule has 0 saturated carbocycles. The Labute approximate surface area is 168 Å². The lowest BCUT2D eigenvalue weighted by Gasteiger charge is -2.13. The van der Waals surface area contributed by atoms with Crippen molar-refractivity contribution in [2.75, 3.05) is 36.7 Å². The van der Waals surface area contributed by atoms with E-state index in [1.165, 1.54) is 19.5 Å². The molecule has 0 aliphatic rings. The summed E-state index contributed by atoms with van der Waals surface area (Å²) < 4.78 is 4.73. The van der Waals surface area contributed by atoms with Crippen LogP contribution in [0.15, 0.2) is 60.9 Å². The molecule has 29 heavy (non-hydrogen) atoms. The van der Waals surface area contributed by atoms with Gasteiger partial charge in [-0.1, -0.05) is 12.1 Å². The fourth-order valence-corrected chi connectivity index (χ4v) is 2.57. The molecule has 1 amide bonds. The molecule has 0 aliphatic carbocycles. The van der Waals surface area contributed by atoms with E-state index in [0.717, 1.165) is 11.4 Å². The number of amides is 1. The summed E-state index contributed by atoms with van der Waals surface area (Å²) in [5, 5.41) is 5.79. The predicted octanol–water partition coefficient (Wildman–Crippen LogP) is 3.33. The number of ether oxygens (including phenoxy) is 1. The molecule has 0 aliphatic heterocycles. The Balaban J connectivity index is 1.68. The van der Waals surface area contributed by atoms with E-state index in [-0.39, 0.29) is 11.3 Å². The number of aromatic nitrogens is 2. The Bertz CT molecular complexity index is 1000. The summed E-state index contributed by atoms with van der Waals surface area (Å²) in [5.74, 6) is -0.503. The summed E-state index contributed by atoms with van der Waals surface area (Å²) in [6.45, 7) is 0. The Hall–Kier alpha value is -3.94. The first-order valence-corrected chi connectivity index (χ1v) is 8.83. The fourth-order valence-electron chi connectivity index (χ4n) is 2.57. The Kier molecular flexibility index (Phi) is 6.03. The van der Waals surface area contributed by atoms with Gasteiger partial charge in [0.15, 0.2) is 0 Å². The van der Waals surface area contributed by atoms with E-state index in [0.29, 0.717) is 11.5 Å². The van der Waals surface area contributed by atoms with Gasteiger partial charge in [0.1, 0.15) is 11.5 Å². The minimum absolute atomic E-state index is 0.123. The minimum atomic E-state index is -0.535. The van der Waals surface area contributed by atoms with Gasteiger partial charge in [-0.25, -0.2) is 14.8 Å². The van der Waals surface area contributed by atoms with Gasteiger partial charge in [0.2, 0.25) is 0 Å². The maximum Gasteiger partial charge on any atom is 0.339 e. The van der Waals surface area contributed by atoms with Gasteiger partial charge >= 0.3 is 5.97 Å². The van der Waals surface area contributed by atoms with E-state index < -0.39 is 11.9 Å². The molecule has 0 fully saturated rings. The molecule has 0 saturated heterocycles. The van der Waals surface area contributed by atoms with E-state index >= 15 is 0 Å². The van der Waals surface area contributed by atoms with Crippen molar-refractivity contribution in [1.82, 2.24) is 9.97 Å². The summed E-state index contributed by atoms with van der Waals surface area (Å²) in [7, 11) is 5.23. The number of rotatable bonds is 6. The Morgan fingerprint density at radius 3 is 2.31 bits per heavy atom. The predicted molar refractivity (Wildman–Crippen MR) is 112 cm³/mol. The van der Waals surface area contributed by atoms with Crippen LogP contribution in [0.25, 0.3) is 0 Å². The van der Waals surface area contributed by atoms with E-state index in [4.69, 9.17) is 4.74 Å². The first kappa shape index (κ1) is 19.8. The van der Waals surface area contributed by atoms with E-state index in [2.05, 4.69) is 20.6 Å². The number of hydrogen-bond donors (Lipinski definition) is 2. The zero-order valence-electron chi connectivity index (χ0n) is 16.3. The number of benzene rings is 2. The molecular weight excluding hydrogens is 370 g/mol. The summed E-state index contributed by atoms with van der Waals surface area (Å²) in [4.78, 5) is 34.7. The van der Waals surface area contributed by atoms with Crippen molar-refractivity contribution in [3.05, 3.63) is 72.2 Å². The first-order valence-electron chi connectivity index (χ1n) is 8.83. The molecule has 2 aromatic carbocycles. The zero-order chi connectivity index (χ0) is 20.8. The molecule has 3 aromatic rings. The second-order valence-corrected chi connectivity index (χ2v) is 6.34. The number of esters is 1. The second kappa shape index (κ2) is 8.83. The number of para-hydroxylation sites is 1. The highest BCUT2D eigenvalue weighted by molar-refractivity contribution is 6.06. The molecule has 1 aromatic heterocycles. The van der Waals surface area contributed by atoms with Crippen LogP contribution in [0.1, 0.15) is 20.8 Å². The van der Waals surface area contributed by atoms with Crippen LogP contribution < -0.4 is 15.5 Å². The topological polar surface area (TPSA) is 96.4 Å². The van der Waals surface area contributed by atoms with Crippen LogP contribution in [0.2, 0.25) is 0 Å². The lowest BCUT2D eigenvalue weighted by molar-refractivity contribution is 0.0602. The van der Waals surface area contributed by atoms with Gasteiger partial charge < -0.3 is 20.3 Å². The second-order valence-electron chi connectivity index (χ2n) is 6.34. The standard InChI is InChI=1S/C21H21N5O3/c1-26(2)15-10-8-14(9-11-15)24-19-13-22-18(12-23-19)20(27)25-17-7-5-4-6-16(17)21(28)29-3/h4-13H,1-3H3,(H,23,24)(H,25,27). The van der Waals surface area contributed by atoms with Gasteiger partial charge in [-0.15, -0.1) is 0 Å². The Morgan fingerprint density at radius 1 is 0.966 bits per heavy atom. The normalized spacial score (nSPS) is 10.2. The highest BCUT2D eigenvalue weighted by Gasteiger charge is 2.15. The van der Waals surface area contributed by atoms with E-state index in [9.17, 15) is 9.59 Å². The number of carbonyl (C=O) groups excluding carboxylic acids is 2. The van der Waals surface area contributed by atoms with E-state index in [1.807, 2.05) is 43.3 Å². The van der Waals surface area contributed by atoms with Crippen LogP contribution in [-0.4, -0.2) is 43.0 Å². The first-order chi connectivity index (χ1) is 14.0. The summed E-state index contributed by atoms with van der Waals surface area (Å²) in [6.07, 6.45) is 2.84. The number of methoxy groups -OCH3 is 1. The Morgan fingerprint density at radius 2 is 1.69 bits per heavy atom. The highest BCUT2D eigenvalue weighted by atomic mass is 16.5. The molecule has 8 heteroatoms. The number of carbonyl (C=O) groups is 2. The summed E-state index contributed by atoms with van der Waals surface area (Å²) >= 11 is 0. The molecule has 0 atom stereocenters. The van der Waals surface area contributed by atoms with Crippen LogP contribution in [0.4, 0.5) is 22.9 Å². The van der Waals surface area contributed by atoms with Gasteiger partial charge in [0.25, 0.3) is 5.91 Å². The molecule has 0 spiro atoms. The van der Waals surface area contributed by atoms with Crippen molar-refractivity contribution in [2.24, 2.45) is 0 Å². The van der Waals surface area contributed by atoms with Crippen LogP contribution in [0.5, 0.6) is 0 Å². The smallest absolute Gasteiger partial charge is 0.339 e. The van der Waals surface area contributed by atoms with Gasteiger partial charge in [-0.3, -0.25) is 4.79 Å². The molecule has 3 rings (SSSR count). The van der Waals surface area contributed by atoms with Crippen molar-refractivity contribution in [2.45, 2.75) is 0 Å². The third-order valence-electron chi connectivity index (χ3n) is 4.12. The average Bonchev–Trinajstić information content (AvgIpc) is 2.74. The van der Waals surface area contributed by atoms with E-state index in [1.54, 1.807) is 24.3 Å². The van der Waals surface area contributed by atoms with Crippen molar-refractivity contribution in [1.29, 1.82) is 0 Å². The maximum absolute atomic E-state index is 12.5. The minimum Gasteiger partial charge on any atom is -0.465 e. The molecule has 0 bridgehead atoms. The molecule has 0 radical (unpaired) electrons. The summed E-state index contributed by atoms with van der Waals surface area (Å²) in [6, 6.07) is 14.4. The lowest BCUT2D eigenvalue weighted by atomic mass is 10.1. The lowest BCUT2D eigenvalue weighted by Crippen LogP contribution is -2.17. The van der Waals surface area contributed by atoms with Crippen LogP contribution in [0.3, 0.4) is 0 Å². The van der Waals surface area contributed by atoms with Gasteiger partial charge in [-0.05, 0) is 36.4 Å². The molecule has 8 nitrogen and oxygen atoms in total. The largest absolute Gasteiger partial charge is 0.465 e. The number of nitrogens with zero attached hydrogens (tertiary/aromatic N) is 3. The van der Waals surface area contributed by atoms with Crippen LogP contribution >= 0.6 is 0 Å². The molecule has 148 valence electrons. The maximum atomic E-state index is 12.5. The average molecular weight is 391 g/mol. The quantitative estimate of drug-likeness (QED) is 0.622. The van der Waals surface area contributed by atoms with Gasteiger partial charge in [0.05, 0.1) is 30.8 Å². The zero-order valence-corrected chi connectivity index (χ0v) is 16.3. The summed E-state index contributed by atoms with van der Waals surface area (Å²) in [5.41, 5.74) is 2.67. The van der Waals surface area contributed by atoms with Crippen LogP contribution in [0, 0.1) is 0 Å². The SMILES string of the molecule is COC(=O)c1ccccc1NC(=O)c1cnc(Nc2ccc(N(C)C)cc2)cn1. The molecule has 2 N–H and O–H groups in total. The number of hydrogen-bond acceptors (Lipinski definition) is 7. The third-order valence-corrected chi connectivity index (χ3v) is 4.12. The number of nitrogens with one attached hydrogen (secondary N) is 2. The van der Waals surface area contributed by atoms with Gasteiger partial charge in [-0.2, -0.15) is 0 Å². The van der Waals surface area contributed by atoms with Crippen molar-refractivity contribution in [3.8, 4) is 0 Å². The third kappa shape index (κ3) is 4.86. The van der Waals surface area contributed by atoms with Crippen molar-refractivity contribution in [3.63, 3.8) is 0 Å². The van der Waals surface area contributed by atoms with Crippen LogP contribution in [-0.2, 0) is 4.74 Å². The molecular formula is C21H21N5O3.